The Morgan fingerprint density at radius 1 is 1.41 bits per heavy atom. The molecule has 0 saturated carbocycles. The van der Waals surface area contributed by atoms with Gasteiger partial charge in [0.15, 0.2) is 0 Å². The van der Waals surface area contributed by atoms with Gasteiger partial charge in [0.2, 0.25) is 0 Å². The second kappa shape index (κ2) is 6.41. The van der Waals surface area contributed by atoms with Gasteiger partial charge in [-0.3, -0.25) is 19.7 Å². The summed E-state index contributed by atoms with van der Waals surface area (Å²) in [6.07, 6.45) is -6.03. The van der Waals surface area contributed by atoms with E-state index in [-0.39, 0.29) is 16.8 Å². The van der Waals surface area contributed by atoms with E-state index < -0.39 is 35.4 Å². The highest BCUT2D eigenvalue weighted by atomic mass is 19.4. The molecule has 0 aliphatic heterocycles. The van der Waals surface area contributed by atoms with Crippen molar-refractivity contribution in [2.45, 2.75) is 25.6 Å². The van der Waals surface area contributed by atoms with Crippen molar-refractivity contribution >= 4 is 17.6 Å². The SMILES string of the molecule is Cc1ccc(C(CC(=O)O)NC(=O)C(F)(F)F)cc1[N+](=O)[O-]. The average Bonchev–Trinajstić information content (AvgIpc) is 2.36. The molecular formula is C12H11F3N2O5. The molecule has 0 aliphatic carbocycles. The second-order valence-corrected chi connectivity index (χ2v) is 4.42. The summed E-state index contributed by atoms with van der Waals surface area (Å²) in [6.45, 7) is 1.42. The van der Waals surface area contributed by atoms with Crippen LogP contribution in [0.2, 0.25) is 0 Å². The number of nitro groups is 1. The van der Waals surface area contributed by atoms with Crippen LogP contribution in [0, 0.1) is 17.0 Å². The second-order valence-electron chi connectivity index (χ2n) is 4.42. The quantitative estimate of drug-likeness (QED) is 0.638. The topological polar surface area (TPSA) is 110 Å². The number of nitrogens with zero attached hydrogens (tertiary/aromatic N) is 1. The molecule has 1 aromatic carbocycles. The van der Waals surface area contributed by atoms with E-state index >= 15 is 0 Å². The Morgan fingerprint density at radius 2 is 2.00 bits per heavy atom. The normalized spacial score (nSPS) is 12.5. The van der Waals surface area contributed by atoms with Gasteiger partial charge in [0.1, 0.15) is 0 Å². The first-order chi connectivity index (χ1) is 10.0. The fraction of sp³-hybridized carbons (Fsp3) is 0.333. The zero-order valence-electron chi connectivity index (χ0n) is 11.2. The number of alkyl halides is 3. The van der Waals surface area contributed by atoms with E-state index in [9.17, 15) is 32.9 Å². The van der Waals surface area contributed by atoms with Gasteiger partial charge < -0.3 is 10.4 Å². The molecule has 1 atom stereocenters. The van der Waals surface area contributed by atoms with Crippen molar-refractivity contribution in [3.8, 4) is 0 Å². The molecule has 0 fully saturated rings. The van der Waals surface area contributed by atoms with E-state index in [1.807, 2.05) is 0 Å². The number of nitro benzene ring substituents is 1. The minimum Gasteiger partial charge on any atom is -0.481 e. The Kier molecular flexibility index (Phi) is 5.07. The summed E-state index contributed by atoms with van der Waals surface area (Å²) in [4.78, 5) is 31.8. The summed E-state index contributed by atoms with van der Waals surface area (Å²) in [5, 5.41) is 21.1. The third-order valence-electron chi connectivity index (χ3n) is 2.77. The van der Waals surface area contributed by atoms with E-state index in [0.717, 1.165) is 6.07 Å². The van der Waals surface area contributed by atoms with Crippen LogP contribution in [0.15, 0.2) is 18.2 Å². The van der Waals surface area contributed by atoms with Gasteiger partial charge in [0, 0.05) is 11.6 Å². The Balaban J connectivity index is 3.17. The van der Waals surface area contributed by atoms with Crippen molar-refractivity contribution in [3.05, 3.63) is 39.4 Å². The highest BCUT2D eigenvalue weighted by Gasteiger charge is 2.40. The predicted octanol–water partition coefficient (Wildman–Crippen LogP) is 2.10. The number of aliphatic carboxylic acids is 1. The molecule has 0 saturated heterocycles. The fourth-order valence-electron chi connectivity index (χ4n) is 1.71. The van der Waals surface area contributed by atoms with Crippen molar-refractivity contribution < 1.29 is 32.8 Å². The third-order valence-corrected chi connectivity index (χ3v) is 2.77. The lowest BCUT2D eigenvalue weighted by atomic mass is 10.0. The van der Waals surface area contributed by atoms with Gasteiger partial charge in [-0.05, 0) is 12.5 Å². The summed E-state index contributed by atoms with van der Waals surface area (Å²) in [5.41, 5.74) is -0.226. The lowest BCUT2D eigenvalue weighted by molar-refractivity contribution is -0.385. The highest BCUT2D eigenvalue weighted by molar-refractivity contribution is 5.82. The van der Waals surface area contributed by atoms with Crippen LogP contribution in [-0.4, -0.2) is 28.1 Å². The van der Waals surface area contributed by atoms with Crippen LogP contribution >= 0.6 is 0 Å². The van der Waals surface area contributed by atoms with Crippen LogP contribution in [0.5, 0.6) is 0 Å². The Morgan fingerprint density at radius 3 is 2.45 bits per heavy atom. The number of carboxylic acid groups (broad SMARTS) is 1. The molecular weight excluding hydrogens is 309 g/mol. The maximum absolute atomic E-state index is 12.3. The van der Waals surface area contributed by atoms with Gasteiger partial charge in [-0.25, -0.2) is 0 Å². The predicted molar refractivity (Wildman–Crippen MR) is 67.0 cm³/mol. The number of halogens is 3. The van der Waals surface area contributed by atoms with Gasteiger partial charge in [-0.2, -0.15) is 13.2 Å². The zero-order chi connectivity index (χ0) is 17.1. The molecule has 0 aliphatic rings. The molecule has 0 bridgehead atoms. The first-order valence-corrected chi connectivity index (χ1v) is 5.86. The molecule has 1 aromatic rings. The maximum Gasteiger partial charge on any atom is 0.471 e. The Labute approximate surface area is 121 Å². The number of carbonyl (C=O) groups is 2. The molecule has 120 valence electrons. The van der Waals surface area contributed by atoms with Crippen LogP contribution in [0.25, 0.3) is 0 Å². The molecule has 1 unspecified atom stereocenters. The number of carbonyl (C=O) groups excluding carboxylic acids is 1. The molecule has 1 amide bonds. The maximum atomic E-state index is 12.3. The Hall–Kier alpha value is -2.65. The number of amides is 1. The van der Waals surface area contributed by atoms with Crippen LogP contribution < -0.4 is 5.32 Å². The van der Waals surface area contributed by atoms with Gasteiger partial charge in [0.25, 0.3) is 5.69 Å². The first kappa shape index (κ1) is 17.4. The van der Waals surface area contributed by atoms with Gasteiger partial charge >= 0.3 is 18.1 Å². The number of carboxylic acids is 1. The molecule has 2 N–H and O–H groups in total. The number of hydrogen-bond donors (Lipinski definition) is 2. The average molecular weight is 320 g/mol. The van der Waals surface area contributed by atoms with Crippen molar-refractivity contribution in [2.24, 2.45) is 0 Å². The molecule has 0 radical (unpaired) electrons. The van der Waals surface area contributed by atoms with Gasteiger partial charge in [0.05, 0.1) is 17.4 Å². The van der Waals surface area contributed by atoms with E-state index in [4.69, 9.17) is 5.11 Å². The van der Waals surface area contributed by atoms with Crippen LogP contribution in [0.4, 0.5) is 18.9 Å². The number of nitrogens with one attached hydrogen (secondary N) is 1. The van der Waals surface area contributed by atoms with Crippen LogP contribution in [0.1, 0.15) is 23.6 Å². The van der Waals surface area contributed by atoms with Crippen LogP contribution in [0.3, 0.4) is 0 Å². The van der Waals surface area contributed by atoms with Crippen molar-refractivity contribution in [1.82, 2.24) is 5.32 Å². The molecule has 0 aromatic heterocycles. The highest BCUT2D eigenvalue weighted by Crippen LogP contribution is 2.26. The van der Waals surface area contributed by atoms with E-state index in [1.54, 1.807) is 0 Å². The van der Waals surface area contributed by atoms with E-state index in [1.165, 1.54) is 24.4 Å². The van der Waals surface area contributed by atoms with E-state index in [0.29, 0.717) is 0 Å². The van der Waals surface area contributed by atoms with E-state index in [2.05, 4.69) is 0 Å². The monoisotopic (exact) mass is 320 g/mol. The zero-order valence-corrected chi connectivity index (χ0v) is 11.2. The third kappa shape index (κ3) is 4.43. The molecule has 0 heterocycles. The summed E-state index contributed by atoms with van der Waals surface area (Å²) < 4.78 is 36.8. The van der Waals surface area contributed by atoms with Crippen molar-refractivity contribution in [2.75, 3.05) is 0 Å². The molecule has 0 spiro atoms. The minimum absolute atomic E-state index is 0.0997. The Bertz CT molecular complexity index is 615. The number of aryl methyl sites for hydroxylation is 1. The van der Waals surface area contributed by atoms with Crippen molar-refractivity contribution in [3.63, 3.8) is 0 Å². The van der Waals surface area contributed by atoms with Crippen molar-refractivity contribution in [1.29, 1.82) is 0 Å². The summed E-state index contributed by atoms with van der Waals surface area (Å²) in [6, 6.07) is 1.90. The number of hydrogen-bond acceptors (Lipinski definition) is 4. The van der Waals surface area contributed by atoms with Gasteiger partial charge in [-0.1, -0.05) is 12.1 Å². The lowest BCUT2D eigenvalue weighted by Gasteiger charge is -2.18. The molecule has 1 rings (SSSR count). The molecule has 7 nitrogen and oxygen atoms in total. The first-order valence-electron chi connectivity index (χ1n) is 5.86. The lowest BCUT2D eigenvalue weighted by Crippen LogP contribution is -2.39. The van der Waals surface area contributed by atoms with Gasteiger partial charge in [-0.15, -0.1) is 0 Å². The smallest absolute Gasteiger partial charge is 0.471 e. The standard InChI is InChI=1S/C12H11F3N2O5/c1-6-2-3-7(4-9(6)17(21)22)8(5-10(18)19)16-11(20)12(13,14)15/h2-4,8H,5H2,1H3,(H,16,20)(H,18,19). The largest absolute Gasteiger partial charge is 0.481 e. The summed E-state index contributed by atoms with van der Waals surface area (Å²) in [7, 11) is 0. The molecule has 10 heteroatoms. The minimum atomic E-state index is -5.19. The van der Waals surface area contributed by atoms with Crippen LogP contribution in [-0.2, 0) is 9.59 Å². The summed E-state index contributed by atoms with van der Waals surface area (Å²) in [5.74, 6) is -3.78. The fourth-order valence-corrected chi connectivity index (χ4v) is 1.71. The molecule has 22 heavy (non-hydrogen) atoms. The number of benzene rings is 1. The number of rotatable bonds is 5. The summed E-state index contributed by atoms with van der Waals surface area (Å²) >= 11 is 0.